The Hall–Kier alpha value is -3.03. The fourth-order valence-electron chi connectivity index (χ4n) is 1.86. The molecule has 0 saturated carbocycles. The quantitative estimate of drug-likeness (QED) is 0.562. The second-order valence-electron chi connectivity index (χ2n) is 4.14. The van der Waals surface area contributed by atoms with Gasteiger partial charge < -0.3 is 10.1 Å². The van der Waals surface area contributed by atoms with Gasteiger partial charge in [0, 0.05) is 11.6 Å². The van der Waals surface area contributed by atoms with Crippen LogP contribution in [0.3, 0.4) is 0 Å². The van der Waals surface area contributed by atoms with Crippen LogP contribution in [0, 0.1) is 5.92 Å². The third-order valence-electron chi connectivity index (χ3n) is 2.85. The molecule has 0 saturated heterocycles. The lowest BCUT2D eigenvalue weighted by atomic mass is 10.1. The topological polar surface area (TPSA) is 119 Å². The summed E-state index contributed by atoms with van der Waals surface area (Å²) in [6.07, 6.45) is 1.17. The van der Waals surface area contributed by atoms with Crippen molar-refractivity contribution in [2.75, 3.05) is 0 Å². The Morgan fingerprint density at radius 2 is 2.15 bits per heavy atom. The molecular formula is C12H9N5O3. The van der Waals surface area contributed by atoms with Gasteiger partial charge in [-0.25, -0.2) is 5.43 Å². The van der Waals surface area contributed by atoms with E-state index < -0.39 is 17.7 Å². The maximum Gasteiger partial charge on any atom is 0.282 e. The molecule has 0 bridgehead atoms. The summed E-state index contributed by atoms with van der Waals surface area (Å²) in [5.74, 6) is -2.54. The van der Waals surface area contributed by atoms with Gasteiger partial charge in [0.25, 0.3) is 11.8 Å². The van der Waals surface area contributed by atoms with Crippen molar-refractivity contribution in [2.24, 2.45) is 21.2 Å². The van der Waals surface area contributed by atoms with E-state index in [0.29, 0.717) is 10.9 Å². The lowest BCUT2D eigenvalue weighted by Gasteiger charge is -1.96. The molecule has 8 nitrogen and oxygen atoms in total. The van der Waals surface area contributed by atoms with Crippen molar-refractivity contribution in [3.05, 3.63) is 24.3 Å². The maximum absolute atomic E-state index is 11.7. The van der Waals surface area contributed by atoms with Crippen molar-refractivity contribution in [3.63, 3.8) is 0 Å². The Morgan fingerprint density at radius 3 is 2.90 bits per heavy atom. The number of aromatic hydroxyl groups is 1. The Bertz CT molecular complexity index is 762. The van der Waals surface area contributed by atoms with Crippen LogP contribution in [-0.2, 0) is 9.59 Å². The Kier molecular flexibility index (Phi) is 2.75. The van der Waals surface area contributed by atoms with Crippen molar-refractivity contribution < 1.29 is 14.7 Å². The number of hydrazone groups is 1. The number of aromatic amines is 1. The number of nitrogens with zero attached hydrogens (tertiary/aromatic N) is 3. The van der Waals surface area contributed by atoms with Crippen molar-refractivity contribution in [3.8, 4) is 5.88 Å². The lowest BCUT2D eigenvalue weighted by molar-refractivity contribution is -0.129. The van der Waals surface area contributed by atoms with Gasteiger partial charge in [-0.2, -0.15) is 5.10 Å². The molecule has 0 unspecified atom stereocenters. The summed E-state index contributed by atoms with van der Waals surface area (Å²) in [5.41, 5.74) is 2.97. The first-order chi connectivity index (χ1) is 9.66. The van der Waals surface area contributed by atoms with Gasteiger partial charge in [0.15, 0.2) is 11.6 Å². The minimum Gasteiger partial charge on any atom is -0.493 e. The number of fused-ring (bicyclic) bond motifs is 1. The van der Waals surface area contributed by atoms with E-state index in [0.717, 1.165) is 0 Å². The second-order valence-corrected chi connectivity index (χ2v) is 4.14. The summed E-state index contributed by atoms with van der Waals surface area (Å²) >= 11 is 0. The highest BCUT2D eigenvalue weighted by Gasteiger charge is 2.28. The van der Waals surface area contributed by atoms with Crippen LogP contribution in [0.4, 0.5) is 5.69 Å². The van der Waals surface area contributed by atoms with Crippen LogP contribution < -0.4 is 5.43 Å². The second kappa shape index (κ2) is 4.57. The van der Waals surface area contributed by atoms with Crippen LogP contribution in [0.1, 0.15) is 0 Å². The van der Waals surface area contributed by atoms with E-state index in [-0.39, 0.29) is 11.6 Å². The predicted octanol–water partition coefficient (Wildman–Crippen LogP) is 1.22. The number of carbonyl (C=O) groups excluding carboxylic acids is 2. The molecule has 3 rings (SSSR count). The number of carbonyl (C=O) groups is 2. The lowest BCUT2D eigenvalue weighted by Crippen LogP contribution is -2.25. The van der Waals surface area contributed by atoms with Crippen LogP contribution in [-0.4, -0.2) is 28.1 Å². The summed E-state index contributed by atoms with van der Waals surface area (Å²) in [6, 6.07) is 7.05. The van der Waals surface area contributed by atoms with Gasteiger partial charge in [-0.15, -0.1) is 10.2 Å². The molecule has 2 amide bonds. The zero-order chi connectivity index (χ0) is 14.1. The largest absolute Gasteiger partial charge is 0.493 e. The first-order valence-electron chi connectivity index (χ1n) is 5.75. The van der Waals surface area contributed by atoms with Crippen molar-refractivity contribution in [2.45, 2.75) is 0 Å². The monoisotopic (exact) mass is 271 g/mol. The van der Waals surface area contributed by atoms with Gasteiger partial charge >= 0.3 is 0 Å². The maximum atomic E-state index is 11.7. The summed E-state index contributed by atoms with van der Waals surface area (Å²) in [7, 11) is 0. The average molecular weight is 271 g/mol. The zero-order valence-electron chi connectivity index (χ0n) is 10.1. The molecule has 0 radical (unpaired) electrons. The van der Waals surface area contributed by atoms with Crippen molar-refractivity contribution in [1.29, 1.82) is 0 Å². The molecule has 20 heavy (non-hydrogen) atoms. The molecule has 1 atom stereocenters. The highest BCUT2D eigenvalue weighted by atomic mass is 16.3. The molecule has 1 aromatic carbocycles. The van der Waals surface area contributed by atoms with E-state index in [9.17, 15) is 14.7 Å². The van der Waals surface area contributed by atoms with Gasteiger partial charge in [0.05, 0.1) is 5.52 Å². The number of para-hydroxylation sites is 1. The minimum atomic E-state index is -1.06. The third-order valence-corrected chi connectivity index (χ3v) is 2.85. The number of hydrogen-bond donors (Lipinski definition) is 3. The summed E-state index contributed by atoms with van der Waals surface area (Å²) in [5, 5.41) is 21.0. The van der Waals surface area contributed by atoms with Gasteiger partial charge in [-0.1, -0.05) is 18.2 Å². The smallest absolute Gasteiger partial charge is 0.282 e. The van der Waals surface area contributed by atoms with E-state index in [1.807, 2.05) is 0 Å². The number of azo groups is 1. The number of hydrogen-bond acceptors (Lipinski definition) is 5. The Labute approximate surface area is 112 Å². The highest BCUT2D eigenvalue weighted by Crippen LogP contribution is 2.35. The van der Waals surface area contributed by atoms with E-state index in [2.05, 4.69) is 25.7 Å². The van der Waals surface area contributed by atoms with Crippen LogP contribution >= 0.6 is 0 Å². The normalized spacial score (nSPS) is 18.0. The standard InChI is InChI=1S/C12H9N5O3/c18-10-7(5-13-16-10)11(19)17-15-9-6-3-1-2-4-8(6)14-12(9)20/h1-5,7,14,20H,(H,16,18)/t7-/m0/s1. The molecule has 1 aromatic heterocycles. The first kappa shape index (κ1) is 12.0. The zero-order valence-corrected chi connectivity index (χ0v) is 10.1. The summed E-state index contributed by atoms with van der Waals surface area (Å²) < 4.78 is 0. The molecule has 3 N–H and O–H groups in total. The molecule has 2 heterocycles. The SMILES string of the molecule is O=C(N=Nc1c(O)[nH]c2ccccc12)[C@H]1C=NNC1=O. The predicted molar refractivity (Wildman–Crippen MR) is 69.6 cm³/mol. The molecule has 8 heteroatoms. The molecule has 0 fully saturated rings. The Morgan fingerprint density at radius 1 is 1.35 bits per heavy atom. The fraction of sp³-hybridized carbons (Fsp3) is 0.0833. The van der Waals surface area contributed by atoms with Gasteiger partial charge in [0.2, 0.25) is 5.88 Å². The van der Waals surface area contributed by atoms with Crippen molar-refractivity contribution in [1.82, 2.24) is 10.4 Å². The highest BCUT2D eigenvalue weighted by molar-refractivity contribution is 6.15. The minimum absolute atomic E-state index is 0.157. The van der Waals surface area contributed by atoms with E-state index >= 15 is 0 Å². The number of amides is 2. The van der Waals surface area contributed by atoms with Gasteiger partial charge in [-0.3, -0.25) is 9.59 Å². The first-order valence-corrected chi connectivity index (χ1v) is 5.75. The molecular weight excluding hydrogens is 262 g/mol. The van der Waals surface area contributed by atoms with Crippen LogP contribution in [0.25, 0.3) is 10.9 Å². The number of H-pyrrole nitrogens is 1. The van der Waals surface area contributed by atoms with Crippen molar-refractivity contribution >= 4 is 34.6 Å². The number of aromatic nitrogens is 1. The summed E-state index contributed by atoms with van der Waals surface area (Å²) in [6.45, 7) is 0. The molecule has 1 aliphatic rings. The van der Waals surface area contributed by atoms with Gasteiger partial charge in [0.1, 0.15) is 0 Å². The fourth-order valence-corrected chi connectivity index (χ4v) is 1.86. The van der Waals surface area contributed by atoms with Gasteiger partial charge in [-0.05, 0) is 6.07 Å². The third kappa shape index (κ3) is 1.92. The summed E-state index contributed by atoms with van der Waals surface area (Å²) in [4.78, 5) is 25.7. The number of benzene rings is 1. The van der Waals surface area contributed by atoms with E-state index in [1.54, 1.807) is 24.3 Å². The van der Waals surface area contributed by atoms with Crippen LogP contribution in [0.15, 0.2) is 39.6 Å². The molecule has 1 aliphatic heterocycles. The molecule has 2 aromatic rings. The number of rotatable bonds is 2. The van der Waals surface area contributed by atoms with E-state index in [1.165, 1.54) is 6.21 Å². The van der Waals surface area contributed by atoms with Crippen LogP contribution in [0.5, 0.6) is 5.88 Å². The molecule has 0 aliphatic carbocycles. The number of nitrogens with one attached hydrogen (secondary N) is 2. The Balaban J connectivity index is 1.91. The van der Waals surface area contributed by atoms with Crippen LogP contribution in [0.2, 0.25) is 0 Å². The van der Waals surface area contributed by atoms with E-state index in [4.69, 9.17) is 0 Å². The average Bonchev–Trinajstić information content (AvgIpc) is 2.99. The molecule has 100 valence electrons. The molecule has 0 spiro atoms.